The van der Waals surface area contributed by atoms with Crippen LogP contribution in [0, 0.1) is 11.3 Å². The van der Waals surface area contributed by atoms with Crippen LogP contribution in [0.5, 0.6) is 0 Å². The molecule has 14 nitrogen and oxygen atoms in total. The topological polar surface area (TPSA) is 217 Å². The number of anilines is 1. The molecule has 54 heavy (non-hydrogen) atoms. The molecule has 0 fully saturated rings. The monoisotopic (exact) mass is 743 g/mol. The lowest BCUT2D eigenvalue weighted by atomic mass is 9.98. The van der Waals surface area contributed by atoms with E-state index < -0.39 is 53.8 Å². The van der Waals surface area contributed by atoms with Gasteiger partial charge in [-0.2, -0.15) is 0 Å². The van der Waals surface area contributed by atoms with Crippen LogP contribution in [-0.4, -0.2) is 71.9 Å². The lowest BCUT2D eigenvalue weighted by Crippen LogP contribution is -2.54. The van der Waals surface area contributed by atoms with Crippen molar-refractivity contribution in [2.24, 2.45) is 11.7 Å². The first-order chi connectivity index (χ1) is 25.5. The number of hydrogen-bond donors (Lipinski definition) is 8. The number of ether oxygens (including phenoxy) is 2. The first kappa shape index (κ1) is 41.1. The zero-order valence-corrected chi connectivity index (χ0v) is 31.7. The average Bonchev–Trinajstić information content (AvgIpc) is 3.43. The van der Waals surface area contributed by atoms with E-state index in [2.05, 4.69) is 26.6 Å². The largest absolute Gasteiger partial charge is 0.449 e. The van der Waals surface area contributed by atoms with E-state index in [4.69, 9.17) is 20.6 Å². The summed E-state index contributed by atoms with van der Waals surface area (Å²) in [4.78, 5) is 52.5. The zero-order valence-electron chi connectivity index (χ0n) is 31.7. The van der Waals surface area contributed by atoms with E-state index >= 15 is 0 Å². The lowest BCUT2D eigenvalue weighted by Gasteiger charge is -2.26. The zero-order chi connectivity index (χ0) is 39.6. The summed E-state index contributed by atoms with van der Waals surface area (Å²) in [5.41, 5.74) is 9.94. The molecule has 0 aromatic heterocycles. The van der Waals surface area contributed by atoms with Crippen molar-refractivity contribution in [3.8, 4) is 11.1 Å². The van der Waals surface area contributed by atoms with Crippen LogP contribution < -0.4 is 32.3 Å². The highest BCUT2D eigenvalue weighted by molar-refractivity contribution is 5.98. The SMILES string of the molecule is CC(C)[C@H](NC(=O)OCC1c2ccccc2-c2ccccc21)C(=O)N[C@@H](CCCNC(=N)N)C(=O)Nc1ccc([C@H](O)[C@@H](C)NC(=O)OC(C)(C)C)cc1. The van der Waals surface area contributed by atoms with Crippen LogP contribution in [0.4, 0.5) is 15.3 Å². The molecule has 14 heteroatoms. The van der Waals surface area contributed by atoms with Crippen LogP contribution in [-0.2, 0) is 19.1 Å². The molecule has 1 aliphatic carbocycles. The maximum absolute atomic E-state index is 13.7. The Labute approximate surface area is 316 Å². The summed E-state index contributed by atoms with van der Waals surface area (Å²) in [6.07, 6.45) is -1.89. The van der Waals surface area contributed by atoms with Gasteiger partial charge in [-0.05, 0) is 86.4 Å². The van der Waals surface area contributed by atoms with Gasteiger partial charge in [0, 0.05) is 18.2 Å². The fourth-order valence-corrected chi connectivity index (χ4v) is 6.22. The molecule has 0 aliphatic heterocycles. The Kier molecular flexibility index (Phi) is 14.0. The molecule has 3 aromatic carbocycles. The molecule has 4 rings (SSSR count). The van der Waals surface area contributed by atoms with Gasteiger partial charge in [0.25, 0.3) is 0 Å². The molecule has 9 N–H and O–H groups in total. The minimum Gasteiger partial charge on any atom is -0.449 e. The number of aliphatic hydroxyl groups excluding tert-OH is 1. The molecular weight excluding hydrogens is 690 g/mol. The predicted molar refractivity (Wildman–Crippen MR) is 207 cm³/mol. The molecule has 4 atom stereocenters. The van der Waals surface area contributed by atoms with Gasteiger partial charge in [0.2, 0.25) is 11.8 Å². The van der Waals surface area contributed by atoms with Gasteiger partial charge in [0.05, 0.1) is 12.1 Å². The summed E-state index contributed by atoms with van der Waals surface area (Å²) in [5, 5.41) is 31.8. The first-order valence-electron chi connectivity index (χ1n) is 18.1. The molecule has 0 bridgehead atoms. The summed E-state index contributed by atoms with van der Waals surface area (Å²) in [6.45, 7) is 10.8. The minimum absolute atomic E-state index is 0.0788. The third kappa shape index (κ3) is 11.4. The highest BCUT2D eigenvalue weighted by Crippen LogP contribution is 2.44. The second kappa shape index (κ2) is 18.4. The Morgan fingerprint density at radius 1 is 0.833 bits per heavy atom. The summed E-state index contributed by atoms with van der Waals surface area (Å²) in [5.74, 6) is -1.79. The average molecular weight is 744 g/mol. The van der Waals surface area contributed by atoms with Crippen LogP contribution in [0.3, 0.4) is 0 Å². The van der Waals surface area contributed by atoms with E-state index in [1.54, 1.807) is 65.8 Å². The standard InChI is InChI=1S/C40H53N7O7/c1-23(2)33(47-38(51)53-22-31-29-14-9-7-12-27(29)28-13-8-10-15-30(28)31)36(50)46-32(16-11-21-43-37(41)42)35(49)45-26-19-17-25(18-20-26)34(48)24(3)44-39(52)54-40(4,5)6/h7-10,12-15,17-20,23-24,31-34,48H,11,16,21-22H2,1-6H3,(H,44,52)(H,45,49)(H,46,50)(H,47,51)(H4,41,42,43)/t24-,32+,33+,34-/m1/s1. The molecule has 1 aliphatic rings. The minimum atomic E-state index is -1.06. The molecule has 290 valence electrons. The van der Waals surface area contributed by atoms with Gasteiger partial charge < -0.3 is 46.9 Å². The smallest absolute Gasteiger partial charge is 0.407 e. The van der Waals surface area contributed by atoms with Crippen molar-refractivity contribution in [3.05, 3.63) is 89.5 Å². The Morgan fingerprint density at radius 2 is 1.43 bits per heavy atom. The van der Waals surface area contributed by atoms with E-state index in [0.717, 1.165) is 22.3 Å². The number of alkyl carbamates (subject to hydrolysis) is 2. The molecule has 0 heterocycles. The number of carbonyl (C=O) groups excluding carboxylic acids is 4. The maximum Gasteiger partial charge on any atom is 0.407 e. The normalized spacial score (nSPS) is 14.4. The van der Waals surface area contributed by atoms with Gasteiger partial charge in [-0.3, -0.25) is 15.0 Å². The number of benzene rings is 3. The Hall–Kier alpha value is -5.63. The summed E-state index contributed by atoms with van der Waals surface area (Å²) in [6, 6.07) is 19.7. The number of fused-ring (bicyclic) bond motifs is 3. The first-order valence-corrected chi connectivity index (χ1v) is 18.1. The third-order valence-electron chi connectivity index (χ3n) is 8.92. The number of rotatable bonds is 15. The summed E-state index contributed by atoms with van der Waals surface area (Å²) in [7, 11) is 0. The van der Waals surface area contributed by atoms with Gasteiger partial charge in [-0.15, -0.1) is 0 Å². The van der Waals surface area contributed by atoms with Crippen molar-refractivity contribution < 1.29 is 33.8 Å². The fraction of sp³-hybridized carbons (Fsp3) is 0.425. The van der Waals surface area contributed by atoms with E-state index in [1.807, 2.05) is 48.5 Å². The number of nitrogens with one attached hydrogen (secondary N) is 6. The van der Waals surface area contributed by atoms with E-state index in [0.29, 0.717) is 24.2 Å². The molecule has 0 saturated carbocycles. The van der Waals surface area contributed by atoms with Crippen molar-refractivity contribution in [2.45, 2.75) is 90.1 Å². The van der Waals surface area contributed by atoms with Crippen LogP contribution in [0.15, 0.2) is 72.8 Å². The molecule has 4 amide bonds. The summed E-state index contributed by atoms with van der Waals surface area (Å²) >= 11 is 0. The van der Waals surface area contributed by atoms with Crippen molar-refractivity contribution in [3.63, 3.8) is 0 Å². The highest BCUT2D eigenvalue weighted by Gasteiger charge is 2.32. The van der Waals surface area contributed by atoms with Crippen molar-refractivity contribution in [1.82, 2.24) is 21.3 Å². The molecule has 3 aromatic rings. The van der Waals surface area contributed by atoms with Gasteiger partial charge in [0.15, 0.2) is 5.96 Å². The highest BCUT2D eigenvalue weighted by atomic mass is 16.6. The molecular formula is C40H53N7O7. The van der Waals surface area contributed by atoms with E-state index in [-0.39, 0.29) is 30.8 Å². The van der Waals surface area contributed by atoms with Crippen LogP contribution in [0.2, 0.25) is 0 Å². The summed E-state index contributed by atoms with van der Waals surface area (Å²) < 4.78 is 11.0. The Bertz CT molecular complexity index is 1750. The van der Waals surface area contributed by atoms with Gasteiger partial charge in [0.1, 0.15) is 24.3 Å². The fourth-order valence-electron chi connectivity index (χ4n) is 6.22. The quantitative estimate of drug-likeness (QED) is 0.0604. The molecule has 0 unspecified atom stereocenters. The van der Waals surface area contributed by atoms with Crippen molar-refractivity contribution in [2.75, 3.05) is 18.5 Å². The molecule has 0 saturated heterocycles. The number of carbonyl (C=O) groups is 4. The predicted octanol–water partition coefficient (Wildman–Crippen LogP) is 4.88. The van der Waals surface area contributed by atoms with Crippen molar-refractivity contribution >= 4 is 35.6 Å². The Morgan fingerprint density at radius 3 is 1.98 bits per heavy atom. The van der Waals surface area contributed by atoms with Gasteiger partial charge in [-0.25, -0.2) is 9.59 Å². The maximum atomic E-state index is 13.7. The second-order valence-corrected chi connectivity index (χ2v) is 14.7. The van der Waals surface area contributed by atoms with E-state index in [1.165, 1.54) is 0 Å². The molecule has 0 radical (unpaired) electrons. The van der Waals surface area contributed by atoms with Crippen molar-refractivity contribution in [1.29, 1.82) is 5.41 Å². The van der Waals surface area contributed by atoms with Crippen LogP contribution >= 0.6 is 0 Å². The van der Waals surface area contributed by atoms with Gasteiger partial charge in [-0.1, -0.05) is 74.5 Å². The Balaban J connectivity index is 1.38. The lowest BCUT2D eigenvalue weighted by molar-refractivity contribution is -0.128. The van der Waals surface area contributed by atoms with Crippen LogP contribution in [0.1, 0.15) is 83.1 Å². The number of hydrogen-bond acceptors (Lipinski definition) is 8. The van der Waals surface area contributed by atoms with E-state index in [9.17, 15) is 24.3 Å². The third-order valence-corrected chi connectivity index (χ3v) is 8.92. The number of guanidine groups is 1. The molecule has 0 spiro atoms. The number of nitrogens with two attached hydrogens (primary N) is 1. The van der Waals surface area contributed by atoms with Crippen LogP contribution in [0.25, 0.3) is 11.1 Å². The van der Waals surface area contributed by atoms with Gasteiger partial charge >= 0.3 is 12.2 Å². The second-order valence-electron chi connectivity index (χ2n) is 14.7. The number of amides is 4. The number of aliphatic hydroxyl groups is 1.